The van der Waals surface area contributed by atoms with E-state index < -0.39 is 0 Å². The van der Waals surface area contributed by atoms with Gasteiger partial charge in [-0.05, 0) is 32.2 Å². The summed E-state index contributed by atoms with van der Waals surface area (Å²) in [6.07, 6.45) is 2.41. The molecule has 0 bridgehead atoms. The first-order chi connectivity index (χ1) is 7.18. The molecule has 0 aromatic carbocycles. The minimum absolute atomic E-state index is 0.405. The SMILES string of the molecule is Cc1nnc2n1CCCC2NCC(C)C. The smallest absolute Gasteiger partial charge is 0.150 e. The van der Waals surface area contributed by atoms with Gasteiger partial charge in [0.1, 0.15) is 11.6 Å². The second-order valence-electron chi connectivity index (χ2n) is 4.75. The van der Waals surface area contributed by atoms with Crippen LogP contribution in [0.2, 0.25) is 0 Å². The predicted octanol–water partition coefficient (Wildman–Crippen LogP) is 1.67. The Morgan fingerprint density at radius 1 is 1.47 bits per heavy atom. The zero-order valence-corrected chi connectivity index (χ0v) is 9.82. The van der Waals surface area contributed by atoms with E-state index in [0.717, 1.165) is 24.7 Å². The second-order valence-corrected chi connectivity index (χ2v) is 4.75. The average molecular weight is 208 g/mol. The van der Waals surface area contributed by atoms with Crippen LogP contribution < -0.4 is 5.32 Å². The summed E-state index contributed by atoms with van der Waals surface area (Å²) in [5, 5.41) is 12.0. The van der Waals surface area contributed by atoms with Crippen molar-refractivity contribution in [3.05, 3.63) is 11.6 Å². The maximum atomic E-state index is 4.27. The summed E-state index contributed by atoms with van der Waals surface area (Å²) in [5.74, 6) is 2.85. The lowest BCUT2D eigenvalue weighted by Crippen LogP contribution is -2.31. The molecule has 4 nitrogen and oxygen atoms in total. The molecule has 1 unspecified atom stereocenters. The van der Waals surface area contributed by atoms with Crippen molar-refractivity contribution in [2.75, 3.05) is 6.54 Å². The molecule has 0 saturated carbocycles. The molecule has 1 N–H and O–H groups in total. The van der Waals surface area contributed by atoms with Crippen LogP contribution in [0.3, 0.4) is 0 Å². The fourth-order valence-electron chi connectivity index (χ4n) is 2.09. The third kappa shape index (κ3) is 2.20. The average Bonchev–Trinajstić information content (AvgIpc) is 2.58. The van der Waals surface area contributed by atoms with Gasteiger partial charge in [0.2, 0.25) is 0 Å². The predicted molar refractivity (Wildman–Crippen MR) is 59.6 cm³/mol. The number of nitrogens with zero attached hydrogens (tertiary/aromatic N) is 3. The van der Waals surface area contributed by atoms with Gasteiger partial charge in [0.15, 0.2) is 0 Å². The summed E-state index contributed by atoms with van der Waals surface area (Å²) < 4.78 is 2.24. The Bertz CT molecular complexity index is 329. The molecule has 2 rings (SSSR count). The number of fused-ring (bicyclic) bond motifs is 1. The maximum absolute atomic E-state index is 4.27. The van der Waals surface area contributed by atoms with Gasteiger partial charge in [-0.3, -0.25) is 0 Å². The standard InChI is InChI=1S/C11H20N4/c1-8(2)7-12-10-5-4-6-15-9(3)13-14-11(10)15/h8,10,12H,4-7H2,1-3H3. The van der Waals surface area contributed by atoms with Gasteiger partial charge in [-0.1, -0.05) is 13.8 Å². The lowest BCUT2D eigenvalue weighted by molar-refractivity contribution is 0.367. The molecule has 15 heavy (non-hydrogen) atoms. The van der Waals surface area contributed by atoms with Gasteiger partial charge >= 0.3 is 0 Å². The summed E-state index contributed by atoms with van der Waals surface area (Å²) in [6, 6.07) is 0.405. The number of aryl methyl sites for hydroxylation is 1. The van der Waals surface area contributed by atoms with Crippen molar-refractivity contribution in [3.63, 3.8) is 0 Å². The number of aromatic nitrogens is 3. The molecule has 1 aliphatic rings. The molecule has 1 aromatic rings. The van der Waals surface area contributed by atoms with Crippen LogP contribution in [0.5, 0.6) is 0 Å². The van der Waals surface area contributed by atoms with E-state index in [9.17, 15) is 0 Å². The topological polar surface area (TPSA) is 42.7 Å². The molecule has 0 spiro atoms. The normalized spacial score (nSPS) is 20.7. The summed E-state index contributed by atoms with van der Waals surface area (Å²) in [6.45, 7) is 8.61. The highest BCUT2D eigenvalue weighted by molar-refractivity contribution is 5.03. The van der Waals surface area contributed by atoms with E-state index in [1.165, 1.54) is 12.8 Å². The molecule has 0 aliphatic carbocycles. The minimum atomic E-state index is 0.405. The maximum Gasteiger partial charge on any atom is 0.150 e. The van der Waals surface area contributed by atoms with E-state index in [4.69, 9.17) is 0 Å². The van der Waals surface area contributed by atoms with Crippen LogP contribution in [0.25, 0.3) is 0 Å². The van der Waals surface area contributed by atoms with E-state index in [0.29, 0.717) is 12.0 Å². The molecule has 1 atom stereocenters. The zero-order chi connectivity index (χ0) is 10.8. The first kappa shape index (κ1) is 10.6. The molecule has 0 amide bonds. The van der Waals surface area contributed by atoms with Gasteiger partial charge in [-0.2, -0.15) is 0 Å². The number of rotatable bonds is 3. The fraction of sp³-hybridized carbons (Fsp3) is 0.818. The van der Waals surface area contributed by atoms with Crippen LogP contribution in [0.15, 0.2) is 0 Å². The van der Waals surface area contributed by atoms with Crippen molar-refractivity contribution in [3.8, 4) is 0 Å². The van der Waals surface area contributed by atoms with Gasteiger partial charge < -0.3 is 9.88 Å². The highest BCUT2D eigenvalue weighted by atomic mass is 15.3. The first-order valence-corrected chi connectivity index (χ1v) is 5.81. The van der Waals surface area contributed by atoms with Crippen molar-refractivity contribution in [1.82, 2.24) is 20.1 Å². The van der Waals surface area contributed by atoms with Gasteiger partial charge in [-0.15, -0.1) is 10.2 Å². The summed E-state index contributed by atoms with van der Waals surface area (Å²) in [4.78, 5) is 0. The minimum Gasteiger partial charge on any atom is -0.314 e. The molecule has 1 aliphatic heterocycles. The van der Waals surface area contributed by atoms with Gasteiger partial charge in [0.25, 0.3) is 0 Å². The largest absolute Gasteiger partial charge is 0.314 e. The van der Waals surface area contributed by atoms with Crippen LogP contribution in [-0.2, 0) is 6.54 Å². The van der Waals surface area contributed by atoms with E-state index in [2.05, 4.69) is 33.9 Å². The van der Waals surface area contributed by atoms with Crippen molar-refractivity contribution in [2.45, 2.75) is 46.2 Å². The number of hydrogen-bond donors (Lipinski definition) is 1. The van der Waals surface area contributed by atoms with Crippen LogP contribution >= 0.6 is 0 Å². The Labute approximate surface area is 91.1 Å². The highest BCUT2D eigenvalue weighted by Crippen LogP contribution is 2.23. The van der Waals surface area contributed by atoms with E-state index in [-0.39, 0.29) is 0 Å². The second kappa shape index (κ2) is 4.31. The molecule has 0 fully saturated rings. The monoisotopic (exact) mass is 208 g/mol. The first-order valence-electron chi connectivity index (χ1n) is 5.81. The van der Waals surface area contributed by atoms with E-state index >= 15 is 0 Å². The van der Waals surface area contributed by atoms with Crippen molar-refractivity contribution in [1.29, 1.82) is 0 Å². The molecule has 0 radical (unpaired) electrons. The zero-order valence-electron chi connectivity index (χ0n) is 9.82. The van der Waals surface area contributed by atoms with Crippen LogP contribution in [0, 0.1) is 12.8 Å². The fourth-order valence-corrected chi connectivity index (χ4v) is 2.09. The van der Waals surface area contributed by atoms with Crippen molar-refractivity contribution < 1.29 is 0 Å². The van der Waals surface area contributed by atoms with Gasteiger partial charge in [0, 0.05) is 6.54 Å². The number of hydrogen-bond acceptors (Lipinski definition) is 3. The Hall–Kier alpha value is -0.900. The Balaban J connectivity index is 2.09. The van der Waals surface area contributed by atoms with Gasteiger partial charge in [0.05, 0.1) is 6.04 Å². The molecule has 0 saturated heterocycles. The Morgan fingerprint density at radius 2 is 2.27 bits per heavy atom. The Kier molecular flexibility index (Phi) is 3.05. The highest BCUT2D eigenvalue weighted by Gasteiger charge is 2.23. The van der Waals surface area contributed by atoms with Crippen molar-refractivity contribution >= 4 is 0 Å². The molecular weight excluding hydrogens is 188 g/mol. The number of nitrogens with one attached hydrogen (secondary N) is 1. The quantitative estimate of drug-likeness (QED) is 0.821. The molecule has 1 aromatic heterocycles. The molecule has 4 heteroatoms. The third-order valence-corrected chi connectivity index (χ3v) is 2.92. The van der Waals surface area contributed by atoms with Crippen molar-refractivity contribution in [2.24, 2.45) is 5.92 Å². The molecule has 2 heterocycles. The Morgan fingerprint density at radius 3 is 3.00 bits per heavy atom. The third-order valence-electron chi connectivity index (χ3n) is 2.92. The summed E-state index contributed by atoms with van der Waals surface area (Å²) in [7, 11) is 0. The molecular formula is C11H20N4. The van der Waals surface area contributed by atoms with Crippen LogP contribution in [0.4, 0.5) is 0 Å². The van der Waals surface area contributed by atoms with Gasteiger partial charge in [-0.25, -0.2) is 0 Å². The van der Waals surface area contributed by atoms with Crippen LogP contribution in [-0.4, -0.2) is 21.3 Å². The van der Waals surface area contributed by atoms with E-state index in [1.807, 2.05) is 6.92 Å². The summed E-state index contributed by atoms with van der Waals surface area (Å²) in [5.41, 5.74) is 0. The van der Waals surface area contributed by atoms with Crippen LogP contribution in [0.1, 0.15) is 44.4 Å². The molecule has 84 valence electrons. The van der Waals surface area contributed by atoms with E-state index in [1.54, 1.807) is 0 Å². The lowest BCUT2D eigenvalue weighted by Gasteiger charge is -2.24. The summed E-state index contributed by atoms with van der Waals surface area (Å²) >= 11 is 0. The lowest BCUT2D eigenvalue weighted by atomic mass is 10.1.